The lowest BCUT2D eigenvalue weighted by atomic mass is 9.99. The predicted molar refractivity (Wildman–Crippen MR) is 112 cm³/mol. The van der Waals surface area contributed by atoms with Gasteiger partial charge < -0.3 is 15.4 Å². The van der Waals surface area contributed by atoms with Gasteiger partial charge in [-0.15, -0.1) is 0 Å². The summed E-state index contributed by atoms with van der Waals surface area (Å²) in [5, 5.41) is 5.53. The highest BCUT2D eigenvalue weighted by Gasteiger charge is 2.10. The molecule has 2 N–H and O–H groups in total. The Morgan fingerprint density at radius 2 is 1.59 bits per heavy atom. The van der Waals surface area contributed by atoms with Gasteiger partial charge in [-0.25, -0.2) is 0 Å². The van der Waals surface area contributed by atoms with Crippen LogP contribution in [0.4, 0.5) is 11.4 Å². The standard InChI is InChI=1S/C21H25BrN2O3/c1-4-14(3)15-6-11-19(18(22)12-15)27-13-21(26)24-17-9-7-16(8-10-17)23-20(25)5-2/h6-12,14H,4-5,13H2,1-3H3,(H,23,25)(H,24,26). The lowest BCUT2D eigenvalue weighted by Crippen LogP contribution is -2.20. The van der Waals surface area contributed by atoms with E-state index in [1.807, 2.05) is 18.2 Å². The van der Waals surface area contributed by atoms with Gasteiger partial charge in [0.1, 0.15) is 5.75 Å². The fourth-order valence-corrected chi connectivity index (χ4v) is 2.91. The fourth-order valence-electron chi connectivity index (χ4n) is 2.40. The second kappa shape index (κ2) is 10.1. The summed E-state index contributed by atoms with van der Waals surface area (Å²) >= 11 is 3.50. The highest BCUT2D eigenvalue weighted by Crippen LogP contribution is 2.30. The second-order valence-electron chi connectivity index (χ2n) is 6.32. The van der Waals surface area contributed by atoms with Crippen LogP contribution in [0.25, 0.3) is 0 Å². The Labute approximate surface area is 168 Å². The number of ether oxygens (including phenoxy) is 1. The number of halogens is 1. The Morgan fingerprint density at radius 1 is 1.00 bits per heavy atom. The molecule has 0 bridgehead atoms. The van der Waals surface area contributed by atoms with E-state index < -0.39 is 0 Å². The minimum Gasteiger partial charge on any atom is -0.483 e. The molecule has 0 fully saturated rings. The molecule has 0 aliphatic heterocycles. The van der Waals surface area contributed by atoms with Crippen molar-refractivity contribution in [1.29, 1.82) is 0 Å². The summed E-state index contributed by atoms with van der Waals surface area (Å²) < 4.78 is 6.45. The van der Waals surface area contributed by atoms with Gasteiger partial charge in [-0.1, -0.05) is 26.8 Å². The van der Waals surface area contributed by atoms with E-state index in [4.69, 9.17) is 4.74 Å². The third-order valence-electron chi connectivity index (χ3n) is 4.27. The van der Waals surface area contributed by atoms with E-state index in [1.54, 1.807) is 31.2 Å². The fraction of sp³-hybridized carbons (Fsp3) is 0.333. The minimum absolute atomic E-state index is 0.0508. The van der Waals surface area contributed by atoms with E-state index in [0.717, 1.165) is 10.9 Å². The second-order valence-corrected chi connectivity index (χ2v) is 7.17. The van der Waals surface area contributed by atoms with E-state index in [9.17, 15) is 9.59 Å². The molecule has 1 unspecified atom stereocenters. The number of nitrogens with one attached hydrogen (secondary N) is 2. The van der Waals surface area contributed by atoms with Crippen molar-refractivity contribution < 1.29 is 14.3 Å². The summed E-state index contributed by atoms with van der Waals surface area (Å²) in [6.07, 6.45) is 1.49. The first kappa shape index (κ1) is 21.0. The van der Waals surface area contributed by atoms with Crippen LogP contribution in [-0.4, -0.2) is 18.4 Å². The summed E-state index contributed by atoms with van der Waals surface area (Å²) in [5.74, 6) is 0.807. The quantitative estimate of drug-likeness (QED) is 0.592. The van der Waals surface area contributed by atoms with Crippen LogP contribution in [0.3, 0.4) is 0 Å². The zero-order valence-electron chi connectivity index (χ0n) is 15.8. The molecule has 5 nitrogen and oxygen atoms in total. The number of hydrogen-bond acceptors (Lipinski definition) is 3. The van der Waals surface area contributed by atoms with Crippen molar-refractivity contribution in [3.05, 3.63) is 52.5 Å². The van der Waals surface area contributed by atoms with Crippen LogP contribution in [0.5, 0.6) is 5.75 Å². The molecule has 0 spiro atoms. The summed E-state index contributed by atoms with van der Waals surface area (Å²) in [6, 6.07) is 12.9. The summed E-state index contributed by atoms with van der Waals surface area (Å²) in [7, 11) is 0. The number of anilines is 2. The van der Waals surface area contributed by atoms with E-state index in [-0.39, 0.29) is 18.4 Å². The average molecular weight is 433 g/mol. The van der Waals surface area contributed by atoms with Crippen molar-refractivity contribution in [1.82, 2.24) is 0 Å². The van der Waals surface area contributed by atoms with Crippen molar-refractivity contribution in [2.45, 2.75) is 39.5 Å². The Kier molecular flexibility index (Phi) is 7.85. The van der Waals surface area contributed by atoms with E-state index >= 15 is 0 Å². The van der Waals surface area contributed by atoms with Crippen LogP contribution >= 0.6 is 15.9 Å². The minimum atomic E-state index is -0.252. The Morgan fingerprint density at radius 3 is 2.11 bits per heavy atom. The van der Waals surface area contributed by atoms with Gasteiger partial charge in [0.05, 0.1) is 4.47 Å². The first-order chi connectivity index (χ1) is 12.9. The van der Waals surface area contributed by atoms with E-state index in [2.05, 4.69) is 40.4 Å². The van der Waals surface area contributed by atoms with Gasteiger partial charge in [0.15, 0.2) is 6.61 Å². The molecule has 0 aliphatic carbocycles. The van der Waals surface area contributed by atoms with Gasteiger partial charge in [-0.3, -0.25) is 9.59 Å². The topological polar surface area (TPSA) is 67.4 Å². The highest BCUT2D eigenvalue weighted by atomic mass is 79.9. The highest BCUT2D eigenvalue weighted by molar-refractivity contribution is 9.10. The predicted octanol–water partition coefficient (Wildman–Crippen LogP) is 5.33. The largest absolute Gasteiger partial charge is 0.483 e. The number of amides is 2. The molecule has 27 heavy (non-hydrogen) atoms. The maximum atomic E-state index is 12.1. The van der Waals surface area contributed by atoms with Crippen molar-refractivity contribution in [2.75, 3.05) is 17.2 Å². The third-order valence-corrected chi connectivity index (χ3v) is 4.89. The average Bonchev–Trinajstić information content (AvgIpc) is 2.67. The first-order valence-corrected chi connectivity index (χ1v) is 9.84. The Balaban J connectivity index is 1.88. The zero-order chi connectivity index (χ0) is 19.8. The van der Waals surface area contributed by atoms with Crippen molar-refractivity contribution in [3.63, 3.8) is 0 Å². The molecule has 2 amide bonds. The summed E-state index contributed by atoms with van der Waals surface area (Å²) in [5.41, 5.74) is 2.57. The van der Waals surface area contributed by atoms with Crippen LogP contribution in [0.1, 0.15) is 45.1 Å². The molecule has 2 rings (SSSR count). The zero-order valence-corrected chi connectivity index (χ0v) is 17.4. The van der Waals surface area contributed by atoms with Crippen LogP contribution in [0.2, 0.25) is 0 Å². The number of carbonyl (C=O) groups excluding carboxylic acids is 2. The molecule has 0 aliphatic rings. The lowest BCUT2D eigenvalue weighted by Gasteiger charge is -2.13. The number of benzene rings is 2. The molecule has 0 saturated carbocycles. The number of rotatable bonds is 8. The van der Waals surface area contributed by atoms with Crippen LogP contribution in [-0.2, 0) is 9.59 Å². The number of hydrogen-bond donors (Lipinski definition) is 2. The molecule has 0 heterocycles. The van der Waals surface area contributed by atoms with E-state index in [0.29, 0.717) is 29.5 Å². The molecule has 2 aromatic rings. The van der Waals surface area contributed by atoms with Gasteiger partial charge in [0.25, 0.3) is 5.91 Å². The summed E-state index contributed by atoms with van der Waals surface area (Å²) in [4.78, 5) is 23.5. The molecule has 0 radical (unpaired) electrons. The maximum Gasteiger partial charge on any atom is 0.262 e. The van der Waals surface area contributed by atoms with E-state index in [1.165, 1.54) is 5.56 Å². The van der Waals surface area contributed by atoms with Gasteiger partial charge in [-0.2, -0.15) is 0 Å². The molecule has 144 valence electrons. The Hall–Kier alpha value is -2.34. The van der Waals surface area contributed by atoms with Crippen LogP contribution < -0.4 is 15.4 Å². The van der Waals surface area contributed by atoms with Crippen LogP contribution in [0, 0.1) is 0 Å². The number of carbonyl (C=O) groups is 2. The van der Waals surface area contributed by atoms with Crippen LogP contribution in [0.15, 0.2) is 46.9 Å². The molecular formula is C21H25BrN2O3. The third kappa shape index (κ3) is 6.40. The molecule has 0 saturated heterocycles. The van der Waals surface area contributed by atoms with Gasteiger partial charge in [0.2, 0.25) is 5.91 Å². The first-order valence-electron chi connectivity index (χ1n) is 9.05. The smallest absolute Gasteiger partial charge is 0.262 e. The van der Waals surface area contributed by atoms with Gasteiger partial charge in [-0.05, 0) is 70.2 Å². The summed E-state index contributed by atoms with van der Waals surface area (Å²) in [6.45, 7) is 6.03. The molecule has 6 heteroatoms. The SMILES string of the molecule is CCC(=O)Nc1ccc(NC(=O)COc2ccc(C(C)CC)cc2Br)cc1. The van der Waals surface area contributed by atoms with Crippen molar-refractivity contribution >= 4 is 39.1 Å². The Bertz CT molecular complexity index is 791. The van der Waals surface area contributed by atoms with Gasteiger partial charge >= 0.3 is 0 Å². The van der Waals surface area contributed by atoms with Crippen molar-refractivity contribution in [3.8, 4) is 5.75 Å². The molecule has 0 aromatic heterocycles. The molecule has 1 atom stereocenters. The van der Waals surface area contributed by atoms with Gasteiger partial charge in [0, 0.05) is 17.8 Å². The lowest BCUT2D eigenvalue weighted by molar-refractivity contribution is -0.118. The normalized spacial score (nSPS) is 11.6. The molecule has 2 aromatic carbocycles. The van der Waals surface area contributed by atoms with Crippen molar-refractivity contribution in [2.24, 2.45) is 0 Å². The molecular weight excluding hydrogens is 408 g/mol. The monoisotopic (exact) mass is 432 g/mol. The maximum absolute atomic E-state index is 12.1.